The van der Waals surface area contributed by atoms with E-state index in [0.29, 0.717) is 6.54 Å². The fourth-order valence-corrected chi connectivity index (χ4v) is 2.56. The standard InChI is InChI=1S/C16H14N4OS/c21-16(20-15-4-2-8-22-15)19-10-12-5-7-18-14(9-12)13-3-1-6-17-11-13/h1-9,11H,10H2,(H2,19,20,21). The number of pyridine rings is 2. The van der Waals surface area contributed by atoms with E-state index in [-0.39, 0.29) is 6.03 Å². The fraction of sp³-hybridized carbons (Fsp3) is 0.0625. The number of nitrogens with zero attached hydrogens (tertiary/aromatic N) is 2. The molecular formula is C16H14N4OS. The van der Waals surface area contributed by atoms with Crippen LogP contribution in [-0.2, 0) is 6.54 Å². The summed E-state index contributed by atoms with van der Waals surface area (Å²) in [5.74, 6) is 0. The Kier molecular flexibility index (Phi) is 4.41. The van der Waals surface area contributed by atoms with Gasteiger partial charge in [-0.05, 0) is 47.3 Å². The van der Waals surface area contributed by atoms with Crippen molar-refractivity contribution in [2.24, 2.45) is 0 Å². The molecule has 0 unspecified atom stereocenters. The minimum Gasteiger partial charge on any atom is -0.334 e. The quantitative estimate of drug-likeness (QED) is 0.774. The van der Waals surface area contributed by atoms with Gasteiger partial charge in [-0.2, -0.15) is 0 Å². The number of anilines is 1. The molecule has 0 aliphatic rings. The lowest BCUT2D eigenvalue weighted by molar-refractivity contribution is 0.252. The van der Waals surface area contributed by atoms with E-state index in [4.69, 9.17) is 0 Å². The molecule has 3 rings (SSSR count). The minimum atomic E-state index is -0.220. The van der Waals surface area contributed by atoms with Crippen molar-refractivity contribution in [3.8, 4) is 11.3 Å². The Balaban J connectivity index is 1.62. The molecule has 0 bridgehead atoms. The lowest BCUT2D eigenvalue weighted by Crippen LogP contribution is -2.27. The van der Waals surface area contributed by atoms with E-state index >= 15 is 0 Å². The van der Waals surface area contributed by atoms with E-state index < -0.39 is 0 Å². The van der Waals surface area contributed by atoms with Gasteiger partial charge in [-0.25, -0.2) is 4.79 Å². The molecule has 0 atom stereocenters. The number of amides is 2. The predicted molar refractivity (Wildman–Crippen MR) is 87.6 cm³/mol. The summed E-state index contributed by atoms with van der Waals surface area (Å²) in [5.41, 5.74) is 2.77. The van der Waals surface area contributed by atoms with Crippen molar-refractivity contribution in [3.63, 3.8) is 0 Å². The summed E-state index contributed by atoms with van der Waals surface area (Å²) in [4.78, 5) is 20.2. The average Bonchev–Trinajstić information content (AvgIpc) is 3.07. The van der Waals surface area contributed by atoms with Gasteiger partial charge in [0.05, 0.1) is 10.7 Å². The van der Waals surface area contributed by atoms with Crippen LogP contribution < -0.4 is 10.6 Å². The molecule has 0 aliphatic heterocycles. The molecule has 3 aromatic heterocycles. The van der Waals surface area contributed by atoms with Crippen molar-refractivity contribution in [1.82, 2.24) is 15.3 Å². The van der Waals surface area contributed by atoms with E-state index in [1.54, 1.807) is 18.6 Å². The summed E-state index contributed by atoms with van der Waals surface area (Å²) < 4.78 is 0. The summed E-state index contributed by atoms with van der Waals surface area (Å²) >= 11 is 1.48. The Hall–Kier alpha value is -2.73. The van der Waals surface area contributed by atoms with Gasteiger partial charge in [-0.3, -0.25) is 15.3 Å². The van der Waals surface area contributed by atoms with Gasteiger partial charge in [0.15, 0.2) is 0 Å². The maximum absolute atomic E-state index is 11.8. The van der Waals surface area contributed by atoms with Gasteiger partial charge in [0, 0.05) is 30.7 Å². The normalized spacial score (nSPS) is 10.2. The Morgan fingerprint density at radius 2 is 2.14 bits per heavy atom. The maximum atomic E-state index is 11.8. The summed E-state index contributed by atoms with van der Waals surface area (Å²) in [6.07, 6.45) is 5.23. The molecule has 5 nitrogen and oxygen atoms in total. The van der Waals surface area contributed by atoms with Crippen LogP contribution in [0.3, 0.4) is 0 Å². The third kappa shape index (κ3) is 3.67. The minimum absolute atomic E-state index is 0.220. The van der Waals surface area contributed by atoms with Gasteiger partial charge >= 0.3 is 6.03 Å². The van der Waals surface area contributed by atoms with Crippen molar-refractivity contribution in [1.29, 1.82) is 0 Å². The van der Waals surface area contributed by atoms with E-state index in [2.05, 4.69) is 20.6 Å². The van der Waals surface area contributed by atoms with Crippen molar-refractivity contribution in [2.45, 2.75) is 6.54 Å². The van der Waals surface area contributed by atoms with Crippen molar-refractivity contribution >= 4 is 22.4 Å². The molecule has 0 radical (unpaired) electrons. The average molecular weight is 310 g/mol. The Morgan fingerprint density at radius 3 is 2.91 bits per heavy atom. The van der Waals surface area contributed by atoms with E-state index in [0.717, 1.165) is 21.8 Å². The number of carbonyl (C=O) groups is 1. The summed E-state index contributed by atoms with van der Waals surface area (Å²) in [6.45, 7) is 0.437. The zero-order valence-electron chi connectivity index (χ0n) is 11.7. The highest BCUT2D eigenvalue weighted by molar-refractivity contribution is 7.14. The molecule has 3 aromatic rings. The summed E-state index contributed by atoms with van der Waals surface area (Å²) in [6, 6.07) is 11.2. The van der Waals surface area contributed by atoms with E-state index in [1.807, 2.05) is 41.8 Å². The number of hydrogen-bond donors (Lipinski definition) is 2. The van der Waals surface area contributed by atoms with Crippen LogP contribution in [0.15, 0.2) is 60.4 Å². The fourth-order valence-electron chi connectivity index (χ4n) is 1.94. The van der Waals surface area contributed by atoms with Gasteiger partial charge in [0.1, 0.15) is 0 Å². The van der Waals surface area contributed by atoms with Crippen LogP contribution >= 0.6 is 11.3 Å². The molecule has 0 spiro atoms. The summed E-state index contributed by atoms with van der Waals surface area (Å²) in [5, 5.41) is 8.35. The third-order valence-electron chi connectivity index (χ3n) is 2.99. The SMILES string of the molecule is O=C(NCc1ccnc(-c2cccnc2)c1)Nc1cccs1. The molecule has 0 aromatic carbocycles. The largest absolute Gasteiger partial charge is 0.334 e. The third-order valence-corrected chi connectivity index (χ3v) is 3.78. The first kappa shape index (κ1) is 14.2. The molecule has 0 aliphatic carbocycles. The topological polar surface area (TPSA) is 66.9 Å². The maximum Gasteiger partial charge on any atom is 0.320 e. The van der Waals surface area contributed by atoms with E-state index in [1.165, 1.54) is 11.3 Å². The number of urea groups is 1. The van der Waals surface area contributed by atoms with Crippen molar-refractivity contribution in [3.05, 3.63) is 65.9 Å². The van der Waals surface area contributed by atoms with Crippen LogP contribution in [0.25, 0.3) is 11.3 Å². The van der Waals surface area contributed by atoms with Crippen molar-refractivity contribution in [2.75, 3.05) is 5.32 Å². The molecule has 2 amide bonds. The second-order valence-corrected chi connectivity index (χ2v) is 5.52. The number of rotatable bonds is 4. The van der Waals surface area contributed by atoms with Gasteiger partial charge in [0.2, 0.25) is 0 Å². The zero-order valence-corrected chi connectivity index (χ0v) is 12.5. The first-order valence-electron chi connectivity index (χ1n) is 6.75. The van der Waals surface area contributed by atoms with Crippen LogP contribution in [0.1, 0.15) is 5.56 Å². The Labute approximate surface area is 132 Å². The number of nitrogens with one attached hydrogen (secondary N) is 2. The molecule has 22 heavy (non-hydrogen) atoms. The molecular weight excluding hydrogens is 296 g/mol. The van der Waals surface area contributed by atoms with Gasteiger partial charge in [0.25, 0.3) is 0 Å². The smallest absolute Gasteiger partial charge is 0.320 e. The number of thiophene rings is 1. The number of aromatic nitrogens is 2. The lowest BCUT2D eigenvalue weighted by Gasteiger charge is -2.07. The highest BCUT2D eigenvalue weighted by Gasteiger charge is 2.04. The highest BCUT2D eigenvalue weighted by Crippen LogP contribution is 2.16. The highest BCUT2D eigenvalue weighted by atomic mass is 32.1. The van der Waals surface area contributed by atoms with Crippen LogP contribution in [0, 0.1) is 0 Å². The van der Waals surface area contributed by atoms with Crippen LogP contribution in [0.5, 0.6) is 0 Å². The van der Waals surface area contributed by atoms with Crippen LogP contribution in [0.2, 0.25) is 0 Å². The molecule has 0 saturated carbocycles. The number of hydrogen-bond acceptors (Lipinski definition) is 4. The van der Waals surface area contributed by atoms with Crippen LogP contribution in [-0.4, -0.2) is 16.0 Å². The zero-order chi connectivity index (χ0) is 15.2. The first-order valence-corrected chi connectivity index (χ1v) is 7.63. The Bertz CT molecular complexity index is 744. The molecule has 2 N–H and O–H groups in total. The second-order valence-electron chi connectivity index (χ2n) is 4.58. The van der Waals surface area contributed by atoms with Crippen LogP contribution in [0.4, 0.5) is 9.80 Å². The molecule has 6 heteroatoms. The lowest BCUT2D eigenvalue weighted by atomic mass is 10.1. The van der Waals surface area contributed by atoms with Gasteiger partial charge < -0.3 is 5.32 Å². The number of carbonyl (C=O) groups excluding carboxylic acids is 1. The molecule has 0 fully saturated rings. The first-order chi connectivity index (χ1) is 10.8. The monoisotopic (exact) mass is 310 g/mol. The van der Waals surface area contributed by atoms with Crippen molar-refractivity contribution < 1.29 is 4.79 Å². The predicted octanol–water partition coefficient (Wildman–Crippen LogP) is 3.53. The Morgan fingerprint density at radius 1 is 1.18 bits per heavy atom. The van der Waals surface area contributed by atoms with Gasteiger partial charge in [-0.15, -0.1) is 11.3 Å². The molecule has 110 valence electrons. The second kappa shape index (κ2) is 6.82. The molecule has 3 heterocycles. The summed E-state index contributed by atoms with van der Waals surface area (Å²) in [7, 11) is 0. The van der Waals surface area contributed by atoms with E-state index in [9.17, 15) is 4.79 Å². The van der Waals surface area contributed by atoms with Gasteiger partial charge in [-0.1, -0.05) is 0 Å². The molecule has 0 saturated heterocycles.